The lowest BCUT2D eigenvalue weighted by Crippen LogP contribution is -2.42. The molecule has 0 saturated carbocycles. The molecule has 0 fully saturated rings. The predicted octanol–water partition coefficient (Wildman–Crippen LogP) is 1.73. The monoisotopic (exact) mass is 217 g/mol. The maximum absolute atomic E-state index is 12.9. The molecule has 3 N–H and O–H groups in total. The fourth-order valence-electron chi connectivity index (χ4n) is 1.24. The first-order valence-corrected chi connectivity index (χ1v) is 4.65. The molecule has 1 unspecified atom stereocenters. The minimum Gasteiger partial charge on any atom is -0.394 e. The third kappa shape index (κ3) is 3.25. The molecule has 14 heavy (non-hydrogen) atoms. The van der Waals surface area contributed by atoms with Gasteiger partial charge in [-0.1, -0.05) is 11.6 Å². The van der Waals surface area contributed by atoms with Gasteiger partial charge in [-0.2, -0.15) is 0 Å². The molecule has 0 aliphatic heterocycles. The van der Waals surface area contributed by atoms with Gasteiger partial charge in [-0.05, 0) is 37.1 Å². The third-order valence-corrected chi connectivity index (χ3v) is 2.11. The van der Waals surface area contributed by atoms with Gasteiger partial charge in [0.2, 0.25) is 0 Å². The summed E-state index contributed by atoms with van der Waals surface area (Å²) in [6.45, 7) is 1.55. The maximum Gasteiger partial charge on any atom is 0.124 e. The van der Waals surface area contributed by atoms with E-state index >= 15 is 0 Å². The Balaban J connectivity index is 2.87. The number of aliphatic hydroxyl groups is 1. The Labute approximate surface area is 87.5 Å². The number of hydrogen-bond donors (Lipinski definition) is 2. The molecule has 0 amide bonds. The first-order chi connectivity index (χ1) is 6.43. The molecule has 2 nitrogen and oxygen atoms in total. The highest BCUT2D eigenvalue weighted by molar-refractivity contribution is 6.30. The van der Waals surface area contributed by atoms with Crippen LogP contribution in [0.25, 0.3) is 0 Å². The number of rotatable bonds is 3. The summed E-state index contributed by atoms with van der Waals surface area (Å²) in [5.74, 6) is -0.388. The van der Waals surface area contributed by atoms with E-state index in [9.17, 15) is 4.39 Å². The summed E-state index contributed by atoms with van der Waals surface area (Å²) in [6.07, 6.45) is 0.390. The van der Waals surface area contributed by atoms with Gasteiger partial charge >= 0.3 is 0 Å². The van der Waals surface area contributed by atoms with Crippen molar-refractivity contribution >= 4 is 11.6 Å². The van der Waals surface area contributed by atoms with E-state index in [4.69, 9.17) is 22.4 Å². The zero-order valence-electron chi connectivity index (χ0n) is 7.93. The Kier molecular flexibility index (Phi) is 3.48. The molecule has 1 aromatic carbocycles. The Hall–Kier alpha value is -0.640. The van der Waals surface area contributed by atoms with Crippen LogP contribution in [0.3, 0.4) is 0 Å². The number of hydrogen-bond acceptors (Lipinski definition) is 2. The smallest absolute Gasteiger partial charge is 0.124 e. The van der Waals surface area contributed by atoms with Crippen molar-refractivity contribution in [2.24, 2.45) is 5.73 Å². The van der Waals surface area contributed by atoms with Gasteiger partial charge in [0.1, 0.15) is 5.82 Å². The number of nitrogens with two attached hydrogens (primary N) is 1. The molecule has 0 bridgehead atoms. The second-order valence-electron chi connectivity index (χ2n) is 3.77. The molecule has 0 radical (unpaired) electrons. The fourth-order valence-corrected chi connectivity index (χ4v) is 1.48. The van der Waals surface area contributed by atoms with Crippen LogP contribution in [0.1, 0.15) is 12.5 Å². The SMILES string of the molecule is CC(N)(CO)Cc1cc(F)cc(Cl)c1. The molecular weight excluding hydrogens is 205 g/mol. The third-order valence-electron chi connectivity index (χ3n) is 1.89. The lowest BCUT2D eigenvalue weighted by Gasteiger charge is -2.21. The average molecular weight is 218 g/mol. The van der Waals surface area contributed by atoms with Crippen LogP contribution in [-0.4, -0.2) is 17.3 Å². The summed E-state index contributed by atoms with van der Waals surface area (Å²) in [7, 11) is 0. The molecule has 0 aliphatic carbocycles. The molecule has 0 heterocycles. The van der Waals surface area contributed by atoms with E-state index in [0.29, 0.717) is 17.0 Å². The van der Waals surface area contributed by atoms with Crippen molar-refractivity contribution in [2.75, 3.05) is 6.61 Å². The van der Waals surface area contributed by atoms with Crippen molar-refractivity contribution in [3.05, 3.63) is 34.6 Å². The molecule has 1 rings (SSSR count). The van der Waals surface area contributed by atoms with E-state index in [1.165, 1.54) is 12.1 Å². The van der Waals surface area contributed by atoms with Gasteiger partial charge in [0.05, 0.1) is 6.61 Å². The van der Waals surface area contributed by atoms with Gasteiger partial charge in [-0.3, -0.25) is 0 Å². The van der Waals surface area contributed by atoms with Crippen molar-refractivity contribution < 1.29 is 9.50 Å². The molecule has 0 spiro atoms. The minimum absolute atomic E-state index is 0.152. The molecule has 0 saturated heterocycles. The molecule has 0 aliphatic rings. The van der Waals surface area contributed by atoms with Gasteiger partial charge in [0.25, 0.3) is 0 Å². The molecular formula is C10H13ClFNO. The van der Waals surface area contributed by atoms with Crippen molar-refractivity contribution in [1.82, 2.24) is 0 Å². The summed E-state index contributed by atoms with van der Waals surface area (Å²) < 4.78 is 12.9. The Morgan fingerprint density at radius 3 is 2.64 bits per heavy atom. The van der Waals surface area contributed by atoms with Gasteiger partial charge in [-0.25, -0.2) is 4.39 Å². The van der Waals surface area contributed by atoms with Crippen LogP contribution < -0.4 is 5.73 Å². The average Bonchev–Trinajstić information content (AvgIpc) is 2.01. The summed E-state index contributed by atoms with van der Waals surface area (Å²) in [5, 5.41) is 9.28. The number of halogens is 2. The normalized spacial score (nSPS) is 15.2. The molecule has 1 atom stereocenters. The van der Waals surface area contributed by atoms with Crippen LogP contribution in [0.15, 0.2) is 18.2 Å². The van der Waals surface area contributed by atoms with E-state index in [-0.39, 0.29) is 12.4 Å². The topological polar surface area (TPSA) is 46.2 Å². The maximum atomic E-state index is 12.9. The standard InChI is InChI=1S/C10H13ClFNO/c1-10(13,6-14)5-7-2-8(11)4-9(12)3-7/h2-4,14H,5-6,13H2,1H3. The van der Waals surface area contributed by atoms with Gasteiger partial charge in [0.15, 0.2) is 0 Å². The second-order valence-corrected chi connectivity index (χ2v) is 4.20. The summed E-state index contributed by atoms with van der Waals surface area (Å²) in [5.41, 5.74) is 5.68. The zero-order valence-corrected chi connectivity index (χ0v) is 8.68. The Morgan fingerprint density at radius 2 is 2.14 bits per heavy atom. The van der Waals surface area contributed by atoms with Gasteiger partial charge in [-0.15, -0.1) is 0 Å². The van der Waals surface area contributed by atoms with Crippen molar-refractivity contribution in [2.45, 2.75) is 18.9 Å². The Morgan fingerprint density at radius 1 is 1.50 bits per heavy atom. The van der Waals surface area contributed by atoms with Crippen LogP contribution >= 0.6 is 11.6 Å². The highest BCUT2D eigenvalue weighted by Crippen LogP contribution is 2.17. The zero-order chi connectivity index (χ0) is 10.8. The largest absolute Gasteiger partial charge is 0.394 e. The summed E-state index contributed by atoms with van der Waals surface area (Å²) in [6, 6.07) is 4.25. The van der Waals surface area contributed by atoms with E-state index in [0.717, 1.165) is 0 Å². The van der Waals surface area contributed by atoms with Crippen molar-refractivity contribution in [3.8, 4) is 0 Å². The second kappa shape index (κ2) is 4.26. The predicted molar refractivity (Wildman–Crippen MR) is 54.8 cm³/mol. The summed E-state index contributed by atoms with van der Waals surface area (Å²) >= 11 is 5.68. The van der Waals surface area contributed by atoms with Crippen LogP contribution in [0.4, 0.5) is 4.39 Å². The number of aliphatic hydroxyl groups excluding tert-OH is 1. The lowest BCUT2D eigenvalue weighted by atomic mass is 9.95. The molecule has 0 aromatic heterocycles. The molecule has 4 heteroatoms. The van der Waals surface area contributed by atoms with Crippen LogP contribution in [0.2, 0.25) is 5.02 Å². The highest BCUT2D eigenvalue weighted by Gasteiger charge is 2.18. The van der Waals surface area contributed by atoms with E-state index in [2.05, 4.69) is 0 Å². The van der Waals surface area contributed by atoms with Crippen molar-refractivity contribution in [1.29, 1.82) is 0 Å². The fraction of sp³-hybridized carbons (Fsp3) is 0.400. The van der Waals surface area contributed by atoms with E-state index < -0.39 is 5.54 Å². The van der Waals surface area contributed by atoms with Crippen molar-refractivity contribution in [3.63, 3.8) is 0 Å². The van der Waals surface area contributed by atoms with Crippen LogP contribution in [0, 0.1) is 5.82 Å². The first-order valence-electron chi connectivity index (χ1n) is 4.28. The van der Waals surface area contributed by atoms with Gasteiger partial charge in [0, 0.05) is 10.6 Å². The quantitative estimate of drug-likeness (QED) is 0.810. The minimum atomic E-state index is -0.739. The first kappa shape index (κ1) is 11.4. The molecule has 1 aromatic rings. The van der Waals surface area contributed by atoms with E-state index in [1.807, 2.05) is 0 Å². The van der Waals surface area contributed by atoms with Crippen LogP contribution in [-0.2, 0) is 6.42 Å². The lowest BCUT2D eigenvalue weighted by molar-refractivity contribution is 0.208. The number of benzene rings is 1. The summed E-state index contributed by atoms with van der Waals surface area (Å²) in [4.78, 5) is 0. The highest BCUT2D eigenvalue weighted by atomic mass is 35.5. The van der Waals surface area contributed by atoms with Gasteiger partial charge < -0.3 is 10.8 Å². The molecule has 78 valence electrons. The van der Waals surface area contributed by atoms with E-state index in [1.54, 1.807) is 13.0 Å². The van der Waals surface area contributed by atoms with Crippen LogP contribution in [0.5, 0.6) is 0 Å². The Bertz CT molecular complexity index is 308.